The van der Waals surface area contributed by atoms with E-state index in [1.807, 2.05) is 0 Å². The molecule has 4 rings (SSSR count). The summed E-state index contributed by atoms with van der Waals surface area (Å²) in [6.45, 7) is 2.16. The van der Waals surface area contributed by atoms with Crippen LogP contribution in [0.5, 0.6) is 0 Å². The Morgan fingerprint density at radius 2 is 1.90 bits per heavy atom. The topological polar surface area (TPSA) is 25.0 Å². The van der Waals surface area contributed by atoms with Gasteiger partial charge in [-0.05, 0) is 43.5 Å². The Hall–Kier alpha value is -1.32. The molecular weight excluding hydrogens is 326 g/mol. The van der Waals surface area contributed by atoms with Crippen LogP contribution < -0.4 is 0 Å². The highest BCUT2D eigenvalue weighted by Gasteiger charge is 2.29. The lowest BCUT2D eigenvalue weighted by Gasteiger charge is -2.18. The number of aromatic amines is 1. The highest BCUT2D eigenvalue weighted by Crippen LogP contribution is 2.38. The van der Waals surface area contributed by atoms with E-state index < -0.39 is 0 Å². The molecule has 108 valence electrons. The number of rotatable bonds is 2. The van der Waals surface area contributed by atoms with Crippen molar-refractivity contribution in [2.75, 3.05) is 0 Å². The van der Waals surface area contributed by atoms with Crippen molar-refractivity contribution in [1.82, 2.24) is 4.98 Å². The van der Waals surface area contributed by atoms with Crippen molar-refractivity contribution in [2.24, 2.45) is 0 Å². The van der Waals surface area contributed by atoms with Gasteiger partial charge in [-0.1, -0.05) is 40.2 Å². The Bertz CT molecular complexity index is 794. The number of hydrogen-bond acceptors (Lipinski definition) is 1. The third kappa shape index (κ3) is 2.29. The zero-order valence-electron chi connectivity index (χ0n) is 12.0. The first-order chi connectivity index (χ1) is 10.2. The molecule has 0 bridgehead atoms. The van der Waals surface area contributed by atoms with Gasteiger partial charge in [-0.25, -0.2) is 0 Å². The fourth-order valence-corrected chi connectivity index (χ4v) is 3.97. The maximum absolute atomic E-state index is 6.00. The Kier molecular flexibility index (Phi) is 3.27. The van der Waals surface area contributed by atoms with E-state index in [-0.39, 0.29) is 10.9 Å². The standard InChI is InChI=1S/C18H18BrNO/c1-11-6-9-17(21-11)18(19)12-7-8-16-14(10-12)13-4-2-3-5-15(13)20-16/h2-5,7-8,10-11,17-18,20H,6,9H2,1H3. The van der Waals surface area contributed by atoms with Gasteiger partial charge in [0.25, 0.3) is 0 Å². The van der Waals surface area contributed by atoms with E-state index in [2.05, 4.69) is 70.3 Å². The predicted octanol–water partition coefficient (Wildman–Crippen LogP) is 5.32. The predicted molar refractivity (Wildman–Crippen MR) is 91.0 cm³/mol. The summed E-state index contributed by atoms with van der Waals surface area (Å²) in [5, 5.41) is 2.58. The Morgan fingerprint density at radius 3 is 2.71 bits per heavy atom. The minimum absolute atomic E-state index is 0.264. The molecule has 2 heterocycles. The van der Waals surface area contributed by atoms with Gasteiger partial charge in [0, 0.05) is 21.8 Å². The molecule has 1 N–H and O–H groups in total. The number of nitrogens with one attached hydrogen (secondary N) is 1. The van der Waals surface area contributed by atoms with Crippen LogP contribution >= 0.6 is 15.9 Å². The molecule has 0 spiro atoms. The van der Waals surface area contributed by atoms with Crippen LogP contribution in [0.2, 0.25) is 0 Å². The number of H-pyrrole nitrogens is 1. The molecule has 1 aromatic heterocycles. The second-order valence-corrected chi connectivity index (χ2v) is 6.93. The Morgan fingerprint density at radius 1 is 1.10 bits per heavy atom. The molecule has 3 atom stereocenters. The summed E-state index contributed by atoms with van der Waals surface area (Å²) in [7, 11) is 0. The van der Waals surface area contributed by atoms with Crippen LogP contribution in [0.15, 0.2) is 42.5 Å². The third-order valence-electron chi connectivity index (χ3n) is 4.44. The summed E-state index contributed by atoms with van der Waals surface area (Å²) in [6, 6.07) is 15.1. The number of aromatic nitrogens is 1. The monoisotopic (exact) mass is 343 g/mol. The molecule has 1 aliphatic rings. The van der Waals surface area contributed by atoms with Gasteiger partial charge in [0.1, 0.15) is 0 Å². The van der Waals surface area contributed by atoms with E-state index >= 15 is 0 Å². The summed E-state index contributed by atoms with van der Waals surface area (Å²) in [4.78, 5) is 3.74. The molecule has 0 radical (unpaired) electrons. The number of para-hydroxylation sites is 1. The number of halogens is 1. The zero-order chi connectivity index (χ0) is 14.4. The van der Waals surface area contributed by atoms with Gasteiger partial charge in [0.15, 0.2) is 0 Å². The number of fused-ring (bicyclic) bond motifs is 3. The lowest BCUT2D eigenvalue weighted by atomic mass is 10.0. The first-order valence-electron chi connectivity index (χ1n) is 7.52. The molecule has 21 heavy (non-hydrogen) atoms. The molecule has 2 nitrogen and oxygen atoms in total. The van der Waals surface area contributed by atoms with Gasteiger partial charge in [0.2, 0.25) is 0 Å². The van der Waals surface area contributed by atoms with Crippen LogP contribution in [0, 0.1) is 0 Å². The van der Waals surface area contributed by atoms with Crippen LogP contribution in [0.25, 0.3) is 21.8 Å². The summed E-state index contributed by atoms with van der Waals surface area (Å²) in [5.41, 5.74) is 3.69. The quantitative estimate of drug-likeness (QED) is 0.625. The molecule has 2 aromatic carbocycles. The van der Waals surface area contributed by atoms with Gasteiger partial charge < -0.3 is 9.72 Å². The number of alkyl halides is 1. The second kappa shape index (κ2) is 5.15. The first kappa shape index (κ1) is 13.4. The summed E-state index contributed by atoms with van der Waals surface area (Å²) in [5.74, 6) is 0. The smallest absolute Gasteiger partial charge is 0.0745 e. The summed E-state index contributed by atoms with van der Waals surface area (Å²) < 4.78 is 6.00. The maximum atomic E-state index is 6.00. The fraction of sp³-hybridized carbons (Fsp3) is 0.333. The second-order valence-electron chi connectivity index (χ2n) is 5.94. The number of ether oxygens (including phenoxy) is 1. The van der Waals surface area contributed by atoms with Gasteiger partial charge in [-0.3, -0.25) is 0 Å². The van der Waals surface area contributed by atoms with Gasteiger partial charge in [0.05, 0.1) is 17.0 Å². The summed E-state index contributed by atoms with van der Waals surface area (Å²) >= 11 is 3.84. The van der Waals surface area contributed by atoms with E-state index in [1.54, 1.807) is 0 Å². The molecule has 0 saturated carbocycles. The van der Waals surface area contributed by atoms with Crippen molar-refractivity contribution < 1.29 is 4.74 Å². The van der Waals surface area contributed by atoms with Crippen LogP contribution in [0.3, 0.4) is 0 Å². The minimum Gasteiger partial charge on any atom is -0.374 e. The highest BCUT2D eigenvalue weighted by molar-refractivity contribution is 9.09. The molecule has 1 fully saturated rings. The average molecular weight is 344 g/mol. The molecule has 3 aromatic rings. The van der Waals surface area contributed by atoms with Gasteiger partial charge in [-0.2, -0.15) is 0 Å². The van der Waals surface area contributed by atoms with Crippen molar-refractivity contribution >= 4 is 37.7 Å². The van der Waals surface area contributed by atoms with Crippen LogP contribution in [0.1, 0.15) is 30.2 Å². The van der Waals surface area contributed by atoms with Gasteiger partial charge >= 0.3 is 0 Å². The normalized spacial score (nSPS) is 23.9. The molecule has 1 saturated heterocycles. The van der Waals surface area contributed by atoms with Crippen molar-refractivity contribution in [3.05, 3.63) is 48.0 Å². The Labute approximate surface area is 132 Å². The molecule has 3 heteroatoms. The number of hydrogen-bond donors (Lipinski definition) is 1. The van der Waals surface area contributed by atoms with Crippen molar-refractivity contribution in [3.63, 3.8) is 0 Å². The van der Waals surface area contributed by atoms with Crippen LogP contribution in [-0.2, 0) is 4.74 Å². The molecule has 0 amide bonds. The number of benzene rings is 2. The van der Waals surface area contributed by atoms with Crippen molar-refractivity contribution in [3.8, 4) is 0 Å². The van der Waals surface area contributed by atoms with Crippen molar-refractivity contribution in [1.29, 1.82) is 0 Å². The third-order valence-corrected chi connectivity index (χ3v) is 5.56. The first-order valence-corrected chi connectivity index (χ1v) is 8.44. The fourth-order valence-electron chi connectivity index (χ4n) is 3.30. The zero-order valence-corrected chi connectivity index (χ0v) is 13.6. The molecule has 1 aliphatic heterocycles. The lowest BCUT2D eigenvalue weighted by Crippen LogP contribution is -2.14. The minimum atomic E-state index is 0.264. The maximum Gasteiger partial charge on any atom is 0.0745 e. The van der Waals surface area contributed by atoms with E-state index in [0.29, 0.717) is 6.10 Å². The SMILES string of the molecule is CC1CCC(C(Br)c2ccc3[nH]c4ccccc4c3c2)O1. The lowest BCUT2D eigenvalue weighted by molar-refractivity contribution is 0.0557. The van der Waals surface area contributed by atoms with E-state index in [1.165, 1.54) is 27.4 Å². The van der Waals surface area contributed by atoms with Crippen molar-refractivity contribution in [2.45, 2.75) is 36.8 Å². The molecule has 3 unspecified atom stereocenters. The largest absolute Gasteiger partial charge is 0.374 e. The van der Waals surface area contributed by atoms with Crippen LogP contribution in [0.4, 0.5) is 0 Å². The molecular formula is C18H18BrNO. The van der Waals surface area contributed by atoms with E-state index in [0.717, 1.165) is 12.8 Å². The highest BCUT2D eigenvalue weighted by atomic mass is 79.9. The van der Waals surface area contributed by atoms with Gasteiger partial charge in [-0.15, -0.1) is 0 Å². The van der Waals surface area contributed by atoms with Crippen LogP contribution in [-0.4, -0.2) is 17.2 Å². The van der Waals surface area contributed by atoms with E-state index in [4.69, 9.17) is 4.74 Å². The summed E-state index contributed by atoms with van der Waals surface area (Å²) in [6.07, 6.45) is 2.94. The molecule has 0 aliphatic carbocycles. The average Bonchev–Trinajstić information content (AvgIpc) is 3.09. The Balaban J connectivity index is 1.77. The van der Waals surface area contributed by atoms with E-state index in [9.17, 15) is 0 Å².